The topological polar surface area (TPSA) is 62.5 Å². The van der Waals surface area contributed by atoms with Gasteiger partial charge in [-0.15, -0.1) is 0 Å². The molecule has 1 saturated heterocycles. The minimum absolute atomic E-state index is 0.0338. The first-order chi connectivity index (χ1) is 13.7. The number of nitrogens with one attached hydrogen (secondary N) is 1. The van der Waals surface area contributed by atoms with Gasteiger partial charge in [-0.3, -0.25) is 14.3 Å². The highest BCUT2D eigenvalue weighted by molar-refractivity contribution is 5.86. The monoisotopic (exact) mass is 375 g/mol. The van der Waals surface area contributed by atoms with Crippen LogP contribution in [-0.4, -0.2) is 33.3 Å². The molecule has 28 heavy (non-hydrogen) atoms. The highest BCUT2D eigenvalue weighted by Gasteiger charge is 2.16. The number of anilines is 1. The molecule has 1 aliphatic rings. The molecule has 3 aromatic rings. The number of hydrazone groups is 1. The Morgan fingerprint density at radius 3 is 2.50 bits per heavy atom. The van der Waals surface area contributed by atoms with Crippen molar-refractivity contribution in [1.82, 2.24) is 14.5 Å². The molecule has 2 heterocycles. The van der Waals surface area contributed by atoms with E-state index in [1.165, 1.54) is 5.56 Å². The summed E-state index contributed by atoms with van der Waals surface area (Å²) in [4.78, 5) is 19.7. The highest BCUT2D eigenvalue weighted by atomic mass is 16.1. The van der Waals surface area contributed by atoms with Gasteiger partial charge in [0.1, 0.15) is 0 Å². The Bertz CT molecular complexity index is 1030. The number of benzene rings is 2. The van der Waals surface area contributed by atoms with Gasteiger partial charge >= 0.3 is 0 Å². The third kappa shape index (κ3) is 3.97. The van der Waals surface area contributed by atoms with Crippen molar-refractivity contribution in [1.29, 1.82) is 0 Å². The van der Waals surface area contributed by atoms with E-state index in [9.17, 15) is 4.79 Å². The molecule has 4 rings (SSSR count). The second kappa shape index (κ2) is 8.35. The molecular formula is C22H25N5O. The molecule has 6 nitrogen and oxygen atoms in total. The molecule has 6 heteroatoms. The summed E-state index contributed by atoms with van der Waals surface area (Å²) in [5, 5.41) is 5.21. The normalized spacial score (nSPS) is 15.0. The van der Waals surface area contributed by atoms with Crippen LogP contribution in [0.3, 0.4) is 0 Å². The van der Waals surface area contributed by atoms with E-state index in [1.54, 1.807) is 4.57 Å². The van der Waals surface area contributed by atoms with Crippen LogP contribution < -0.4 is 11.0 Å². The Kier molecular flexibility index (Phi) is 5.48. The predicted octanol–water partition coefficient (Wildman–Crippen LogP) is 3.48. The molecule has 2 aromatic carbocycles. The van der Waals surface area contributed by atoms with Crippen molar-refractivity contribution in [3.8, 4) is 0 Å². The van der Waals surface area contributed by atoms with Crippen molar-refractivity contribution >= 4 is 22.6 Å². The summed E-state index contributed by atoms with van der Waals surface area (Å²) in [5.74, 6) is 0.505. The molecule has 1 fully saturated rings. The first-order valence-electron chi connectivity index (χ1n) is 9.82. The molecule has 1 aromatic heterocycles. The van der Waals surface area contributed by atoms with Gasteiger partial charge in [0.2, 0.25) is 5.95 Å². The van der Waals surface area contributed by atoms with E-state index in [0.29, 0.717) is 23.4 Å². The Hall–Kier alpha value is -2.99. The number of rotatable bonds is 5. The maximum atomic E-state index is 12.7. The lowest BCUT2D eigenvalue weighted by atomic mass is 10.1. The fourth-order valence-electron chi connectivity index (χ4n) is 3.60. The van der Waals surface area contributed by atoms with Gasteiger partial charge in [0.15, 0.2) is 0 Å². The van der Waals surface area contributed by atoms with E-state index in [1.807, 2.05) is 37.3 Å². The zero-order chi connectivity index (χ0) is 19.3. The van der Waals surface area contributed by atoms with E-state index < -0.39 is 0 Å². The van der Waals surface area contributed by atoms with Gasteiger partial charge in [0.05, 0.1) is 10.9 Å². The van der Waals surface area contributed by atoms with E-state index in [0.717, 1.165) is 38.2 Å². The Morgan fingerprint density at radius 1 is 1.04 bits per heavy atom. The van der Waals surface area contributed by atoms with E-state index in [4.69, 9.17) is 0 Å². The number of nitrogens with zero attached hydrogens (tertiary/aromatic N) is 4. The van der Waals surface area contributed by atoms with Crippen molar-refractivity contribution < 1.29 is 0 Å². The summed E-state index contributed by atoms with van der Waals surface area (Å²) >= 11 is 0. The molecule has 0 amide bonds. The number of hydrogen-bond donors (Lipinski definition) is 1. The zero-order valence-electron chi connectivity index (χ0n) is 16.1. The smallest absolute Gasteiger partial charge is 0.262 e. The van der Waals surface area contributed by atoms with Crippen molar-refractivity contribution in [2.24, 2.45) is 5.10 Å². The average Bonchev–Trinajstić information content (AvgIpc) is 2.74. The van der Waals surface area contributed by atoms with Gasteiger partial charge in [-0.25, -0.2) is 10.4 Å². The van der Waals surface area contributed by atoms with Gasteiger partial charge in [0.25, 0.3) is 5.56 Å². The van der Waals surface area contributed by atoms with Crippen LogP contribution in [0.2, 0.25) is 0 Å². The summed E-state index contributed by atoms with van der Waals surface area (Å²) in [7, 11) is 0. The van der Waals surface area contributed by atoms with E-state index in [-0.39, 0.29) is 5.56 Å². The molecule has 0 radical (unpaired) electrons. The molecule has 144 valence electrons. The van der Waals surface area contributed by atoms with Crippen molar-refractivity contribution in [3.05, 3.63) is 70.5 Å². The van der Waals surface area contributed by atoms with Crippen LogP contribution in [0.4, 0.5) is 5.95 Å². The largest absolute Gasteiger partial charge is 0.298 e. The molecular weight excluding hydrogens is 350 g/mol. The molecule has 0 atom stereocenters. The standard InChI is InChI=1S/C22H25N5O/c1-2-27-21(28)19-10-6-7-11-20(19)23-22(27)25-24-18-12-14-26(15-13-18)16-17-8-4-3-5-9-17/h3-11H,2,12-16H2,1H3,(H,23,25). The van der Waals surface area contributed by atoms with Crippen molar-refractivity contribution in [3.63, 3.8) is 0 Å². The van der Waals surface area contributed by atoms with Gasteiger partial charge in [0, 0.05) is 44.7 Å². The van der Waals surface area contributed by atoms with Crippen LogP contribution in [0.25, 0.3) is 10.9 Å². The fourth-order valence-corrected chi connectivity index (χ4v) is 3.60. The Morgan fingerprint density at radius 2 is 1.75 bits per heavy atom. The SMILES string of the molecule is CCn1c(NN=C2CCN(Cc3ccccc3)CC2)nc2ccccc2c1=O. The lowest BCUT2D eigenvalue weighted by molar-refractivity contribution is 0.266. The molecule has 0 aliphatic carbocycles. The maximum Gasteiger partial charge on any atom is 0.262 e. The average molecular weight is 375 g/mol. The molecule has 0 unspecified atom stereocenters. The van der Waals surface area contributed by atoms with Crippen molar-refractivity contribution in [2.75, 3.05) is 18.5 Å². The second-order valence-electron chi connectivity index (χ2n) is 7.05. The number of likely N-dealkylation sites (tertiary alicyclic amines) is 1. The number of aromatic nitrogens is 2. The number of hydrogen-bond acceptors (Lipinski definition) is 5. The summed E-state index contributed by atoms with van der Waals surface area (Å²) < 4.78 is 1.64. The third-order valence-electron chi connectivity index (χ3n) is 5.17. The maximum absolute atomic E-state index is 12.7. The second-order valence-corrected chi connectivity index (χ2v) is 7.05. The molecule has 0 saturated carbocycles. The number of piperidine rings is 1. The minimum Gasteiger partial charge on any atom is -0.298 e. The summed E-state index contributed by atoms with van der Waals surface area (Å²) in [6, 6.07) is 18.0. The molecule has 1 aliphatic heterocycles. The van der Waals surface area contributed by atoms with Crippen LogP contribution in [0, 0.1) is 0 Å². The predicted molar refractivity (Wildman–Crippen MR) is 114 cm³/mol. The first-order valence-corrected chi connectivity index (χ1v) is 9.82. The fraction of sp³-hybridized carbons (Fsp3) is 0.318. The number of fused-ring (bicyclic) bond motifs is 1. The summed E-state index contributed by atoms with van der Waals surface area (Å²) in [6.45, 7) is 5.44. The van der Waals surface area contributed by atoms with E-state index in [2.05, 4.69) is 44.7 Å². The van der Waals surface area contributed by atoms with Crippen molar-refractivity contribution in [2.45, 2.75) is 32.9 Å². The Balaban J connectivity index is 1.44. The molecule has 0 spiro atoms. The lowest BCUT2D eigenvalue weighted by Gasteiger charge is -2.27. The summed E-state index contributed by atoms with van der Waals surface area (Å²) in [6.07, 6.45) is 1.84. The van der Waals surface area contributed by atoms with E-state index >= 15 is 0 Å². The van der Waals surface area contributed by atoms with Gasteiger partial charge in [-0.05, 0) is 24.6 Å². The highest BCUT2D eigenvalue weighted by Crippen LogP contribution is 2.14. The quantitative estimate of drug-likeness (QED) is 0.694. The van der Waals surface area contributed by atoms with Crippen LogP contribution in [0.1, 0.15) is 25.3 Å². The van der Waals surface area contributed by atoms with Crippen LogP contribution in [0.15, 0.2) is 64.5 Å². The summed E-state index contributed by atoms with van der Waals surface area (Å²) in [5.41, 5.74) is 6.17. The molecule has 1 N–H and O–H groups in total. The van der Waals surface area contributed by atoms with Crippen LogP contribution >= 0.6 is 0 Å². The molecule has 0 bridgehead atoms. The lowest BCUT2D eigenvalue weighted by Crippen LogP contribution is -2.33. The van der Waals surface area contributed by atoms with Gasteiger partial charge in [-0.1, -0.05) is 42.5 Å². The Labute approximate surface area is 164 Å². The third-order valence-corrected chi connectivity index (χ3v) is 5.17. The van der Waals surface area contributed by atoms with Crippen LogP contribution in [0.5, 0.6) is 0 Å². The van der Waals surface area contributed by atoms with Crippen LogP contribution in [-0.2, 0) is 13.1 Å². The zero-order valence-corrected chi connectivity index (χ0v) is 16.1. The number of para-hydroxylation sites is 1. The van der Waals surface area contributed by atoms with Gasteiger partial charge in [-0.2, -0.15) is 5.10 Å². The minimum atomic E-state index is -0.0338. The first kappa shape index (κ1) is 18.4. The van der Waals surface area contributed by atoms with Gasteiger partial charge < -0.3 is 0 Å².